The second-order valence-corrected chi connectivity index (χ2v) is 5.37. The minimum absolute atomic E-state index is 0.668. The van der Waals surface area contributed by atoms with Crippen molar-refractivity contribution < 1.29 is 13.2 Å². The highest BCUT2D eigenvalue weighted by atomic mass is 79.9. The van der Waals surface area contributed by atoms with Gasteiger partial charge >= 0.3 is 6.18 Å². The van der Waals surface area contributed by atoms with Gasteiger partial charge in [0, 0.05) is 14.2 Å². The fraction of sp³-hybridized carbons (Fsp3) is 0.556. The monoisotopic (exact) mass is 301 g/mol. The summed E-state index contributed by atoms with van der Waals surface area (Å²) in [6, 6.07) is 1.17. The smallest absolute Gasteiger partial charge is 0.312 e. The summed E-state index contributed by atoms with van der Waals surface area (Å²) in [7, 11) is 1.54. The molecule has 0 saturated carbocycles. The van der Waals surface area contributed by atoms with Gasteiger partial charge < -0.3 is 5.32 Å². The lowest BCUT2D eigenvalue weighted by Crippen LogP contribution is -2.23. The summed E-state index contributed by atoms with van der Waals surface area (Å²) in [4.78, 5) is 1.70. The highest BCUT2D eigenvalue weighted by molar-refractivity contribution is 9.10. The van der Waals surface area contributed by atoms with E-state index in [0.29, 0.717) is 4.88 Å². The van der Waals surface area contributed by atoms with E-state index in [0.717, 1.165) is 9.35 Å². The van der Waals surface area contributed by atoms with Crippen molar-refractivity contribution in [3.63, 3.8) is 0 Å². The van der Waals surface area contributed by atoms with Gasteiger partial charge in [-0.1, -0.05) is 0 Å². The third-order valence-corrected chi connectivity index (χ3v) is 4.02. The van der Waals surface area contributed by atoms with Gasteiger partial charge in [0.2, 0.25) is 0 Å². The fourth-order valence-corrected chi connectivity index (χ4v) is 3.33. The Labute approximate surface area is 98.8 Å². The predicted molar refractivity (Wildman–Crippen MR) is 59.2 cm³/mol. The second-order valence-electron chi connectivity index (χ2n) is 3.23. The van der Waals surface area contributed by atoms with Crippen LogP contribution >= 0.6 is 27.3 Å². The molecule has 0 aromatic carbocycles. The summed E-state index contributed by atoms with van der Waals surface area (Å²) in [5.74, 6) is 0. The average molecular weight is 302 g/mol. The number of nitrogens with one attached hydrogen (secondary N) is 1. The standard InChI is InChI=1S/C9H11BrF3NS/c1-5-3-6(10)8(15-5)7(14-2)4-9(11,12)13/h3,7,14H,4H2,1-2H3. The number of hydrogen-bond acceptors (Lipinski definition) is 2. The molecule has 1 aromatic heterocycles. The largest absolute Gasteiger partial charge is 0.390 e. The molecule has 1 aromatic rings. The van der Waals surface area contributed by atoms with E-state index in [9.17, 15) is 13.2 Å². The summed E-state index contributed by atoms with van der Waals surface area (Å²) in [6.07, 6.45) is -4.99. The average Bonchev–Trinajstić information content (AvgIpc) is 2.39. The Morgan fingerprint density at radius 2 is 2.13 bits per heavy atom. The molecule has 0 aliphatic heterocycles. The maximum atomic E-state index is 12.3. The molecule has 1 atom stereocenters. The van der Waals surface area contributed by atoms with E-state index in [1.165, 1.54) is 18.4 Å². The molecule has 0 aliphatic carbocycles. The lowest BCUT2D eigenvalue weighted by molar-refractivity contribution is -0.140. The van der Waals surface area contributed by atoms with Crippen LogP contribution in [0.25, 0.3) is 0 Å². The molecule has 0 fully saturated rings. The predicted octanol–water partition coefficient (Wildman–Crippen LogP) is 4.03. The van der Waals surface area contributed by atoms with E-state index in [1.807, 2.05) is 13.0 Å². The highest BCUT2D eigenvalue weighted by Gasteiger charge is 2.33. The summed E-state index contributed by atoms with van der Waals surface area (Å²) < 4.78 is 37.5. The molecule has 0 aliphatic rings. The van der Waals surface area contributed by atoms with Crippen molar-refractivity contribution in [3.8, 4) is 0 Å². The molecule has 15 heavy (non-hydrogen) atoms. The number of aryl methyl sites for hydroxylation is 1. The van der Waals surface area contributed by atoms with Crippen LogP contribution in [0.5, 0.6) is 0 Å². The van der Waals surface area contributed by atoms with Crippen LogP contribution in [0, 0.1) is 6.92 Å². The van der Waals surface area contributed by atoms with Gasteiger partial charge in [-0.3, -0.25) is 0 Å². The van der Waals surface area contributed by atoms with Gasteiger partial charge in [0.15, 0.2) is 0 Å². The van der Waals surface area contributed by atoms with E-state index < -0.39 is 18.6 Å². The van der Waals surface area contributed by atoms with Crippen molar-refractivity contribution in [2.24, 2.45) is 0 Å². The van der Waals surface area contributed by atoms with Crippen LogP contribution in [0.2, 0.25) is 0 Å². The number of halogens is 4. The molecule has 0 bridgehead atoms. The molecule has 1 nitrogen and oxygen atoms in total. The van der Waals surface area contributed by atoms with Crippen LogP contribution in [0.15, 0.2) is 10.5 Å². The zero-order chi connectivity index (χ0) is 11.6. The summed E-state index contributed by atoms with van der Waals surface area (Å²) >= 11 is 4.65. The normalized spacial score (nSPS) is 14.3. The van der Waals surface area contributed by atoms with Crippen LogP contribution < -0.4 is 5.32 Å². The van der Waals surface area contributed by atoms with Crippen LogP contribution in [0.3, 0.4) is 0 Å². The Morgan fingerprint density at radius 1 is 1.53 bits per heavy atom. The minimum Gasteiger partial charge on any atom is -0.312 e. The summed E-state index contributed by atoms with van der Waals surface area (Å²) in [5.41, 5.74) is 0. The zero-order valence-electron chi connectivity index (χ0n) is 8.28. The molecule has 1 heterocycles. The number of thiophene rings is 1. The van der Waals surface area contributed by atoms with Crippen LogP contribution in [0.1, 0.15) is 22.2 Å². The van der Waals surface area contributed by atoms with E-state index in [-0.39, 0.29) is 0 Å². The Balaban J connectivity index is 2.88. The third-order valence-electron chi connectivity index (χ3n) is 1.94. The maximum Gasteiger partial charge on any atom is 0.390 e. The second kappa shape index (κ2) is 4.84. The number of hydrogen-bond donors (Lipinski definition) is 1. The zero-order valence-corrected chi connectivity index (χ0v) is 10.7. The van der Waals surface area contributed by atoms with Crippen LogP contribution in [0.4, 0.5) is 13.2 Å². The van der Waals surface area contributed by atoms with E-state index in [4.69, 9.17) is 0 Å². The quantitative estimate of drug-likeness (QED) is 0.889. The van der Waals surface area contributed by atoms with E-state index in [2.05, 4.69) is 21.2 Å². The Hall–Kier alpha value is -0.0700. The van der Waals surface area contributed by atoms with Gasteiger partial charge in [-0.25, -0.2) is 0 Å². The van der Waals surface area contributed by atoms with Crippen molar-refractivity contribution in [3.05, 3.63) is 20.3 Å². The van der Waals surface area contributed by atoms with E-state index in [1.54, 1.807) is 0 Å². The topological polar surface area (TPSA) is 12.0 Å². The molecule has 6 heteroatoms. The minimum atomic E-state index is -4.15. The molecule has 1 rings (SSSR count). The van der Waals surface area contributed by atoms with Crippen LogP contribution in [-0.4, -0.2) is 13.2 Å². The third kappa shape index (κ3) is 3.77. The molecular weight excluding hydrogens is 291 g/mol. The molecular formula is C9H11BrF3NS. The van der Waals surface area contributed by atoms with Gasteiger partial charge in [-0.15, -0.1) is 11.3 Å². The summed E-state index contributed by atoms with van der Waals surface area (Å²) in [5, 5.41) is 2.69. The first-order valence-electron chi connectivity index (χ1n) is 4.33. The summed E-state index contributed by atoms with van der Waals surface area (Å²) in [6.45, 7) is 1.87. The Bertz CT molecular complexity index is 335. The van der Waals surface area contributed by atoms with E-state index >= 15 is 0 Å². The molecule has 0 saturated heterocycles. The number of rotatable bonds is 3. The van der Waals surface area contributed by atoms with Crippen molar-refractivity contribution in [2.75, 3.05) is 7.05 Å². The Morgan fingerprint density at radius 3 is 2.47 bits per heavy atom. The highest BCUT2D eigenvalue weighted by Crippen LogP contribution is 2.37. The lowest BCUT2D eigenvalue weighted by Gasteiger charge is -2.17. The van der Waals surface area contributed by atoms with Crippen molar-refractivity contribution in [1.82, 2.24) is 5.32 Å². The molecule has 86 valence electrons. The van der Waals surface area contributed by atoms with Crippen molar-refractivity contribution in [2.45, 2.75) is 25.6 Å². The molecule has 0 spiro atoms. The first kappa shape index (κ1) is 13.0. The molecule has 1 N–H and O–H groups in total. The van der Waals surface area contributed by atoms with Gasteiger partial charge in [0.1, 0.15) is 0 Å². The Kier molecular flexibility index (Phi) is 4.20. The molecule has 0 amide bonds. The first-order chi connectivity index (χ1) is 6.83. The SMILES string of the molecule is CNC(CC(F)(F)F)c1sc(C)cc1Br. The van der Waals surface area contributed by atoms with Gasteiger partial charge in [-0.05, 0) is 36.0 Å². The first-order valence-corrected chi connectivity index (χ1v) is 5.94. The van der Waals surface area contributed by atoms with Gasteiger partial charge in [0.05, 0.1) is 12.5 Å². The molecule has 0 radical (unpaired) electrons. The lowest BCUT2D eigenvalue weighted by atomic mass is 10.1. The van der Waals surface area contributed by atoms with Crippen molar-refractivity contribution >= 4 is 27.3 Å². The van der Waals surface area contributed by atoms with Gasteiger partial charge in [0.25, 0.3) is 0 Å². The van der Waals surface area contributed by atoms with Crippen LogP contribution in [-0.2, 0) is 0 Å². The fourth-order valence-electron chi connectivity index (χ4n) is 1.30. The van der Waals surface area contributed by atoms with Gasteiger partial charge in [-0.2, -0.15) is 13.2 Å². The number of alkyl halides is 3. The molecule has 1 unspecified atom stereocenters. The maximum absolute atomic E-state index is 12.3. The van der Waals surface area contributed by atoms with Crippen molar-refractivity contribution in [1.29, 1.82) is 0 Å².